The molecule has 19 heavy (non-hydrogen) atoms. The number of nitrogen functional groups attached to an aromatic ring is 1. The van der Waals surface area contributed by atoms with Gasteiger partial charge in [-0.1, -0.05) is 6.07 Å². The van der Waals surface area contributed by atoms with Crippen molar-refractivity contribution in [3.8, 4) is 11.5 Å². The zero-order valence-electron chi connectivity index (χ0n) is 9.56. The Hall–Kier alpha value is -2.63. The van der Waals surface area contributed by atoms with Crippen LogP contribution in [0.3, 0.4) is 0 Å². The molecule has 98 valence electrons. The molecule has 2 rings (SSSR count). The number of para-hydroxylation sites is 1. The number of ether oxygens (including phenoxy) is 1. The molecule has 0 heterocycles. The molecule has 0 saturated heterocycles. The fourth-order valence-electron chi connectivity index (χ4n) is 1.54. The molecule has 2 aromatic carbocycles. The second kappa shape index (κ2) is 4.93. The van der Waals surface area contributed by atoms with Crippen LogP contribution in [-0.2, 0) is 0 Å². The van der Waals surface area contributed by atoms with Crippen molar-refractivity contribution in [2.75, 3.05) is 5.73 Å². The van der Waals surface area contributed by atoms with Crippen LogP contribution in [0.15, 0.2) is 36.4 Å². The zero-order chi connectivity index (χ0) is 14.0. The molecule has 0 amide bonds. The first kappa shape index (κ1) is 12.8. The quantitative estimate of drug-likeness (QED) is 0.836. The van der Waals surface area contributed by atoms with Crippen molar-refractivity contribution in [2.45, 2.75) is 0 Å². The van der Waals surface area contributed by atoms with Crippen LogP contribution < -0.4 is 10.5 Å². The standard InChI is InChI=1S/C13H9F2NO3/c14-7-4-8(15)6-9(5-7)19-12-10(13(17)18)2-1-3-11(12)16/h1-6H,16H2,(H,17,18). The fourth-order valence-corrected chi connectivity index (χ4v) is 1.54. The van der Waals surface area contributed by atoms with Crippen molar-refractivity contribution in [3.05, 3.63) is 53.6 Å². The highest BCUT2D eigenvalue weighted by molar-refractivity contribution is 5.93. The van der Waals surface area contributed by atoms with Crippen molar-refractivity contribution in [3.63, 3.8) is 0 Å². The van der Waals surface area contributed by atoms with Crippen LogP contribution in [0.2, 0.25) is 0 Å². The molecular weight excluding hydrogens is 256 g/mol. The van der Waals surface area contributed by atoms with Crippen LogP contribution in [0.4, 0.5) is 14.5 Å². The molecule has 0 spiro atoms. The van der Waals surface area contributed by atoms with E-state index in [1.165, 1.54) is 18.2 Å². The molecule has 0 aliphatic rings. The average molecular weight is 265 g/mol. The van der Waals surface area contributed by atoms with E-state index in [-0.39, 0.29) is 22.7 Å². The van der Waals surface area contributed by atoms with Gasteiger partial charge in [0.05, 0.1) is 5.69 Å². The minimum Gasteiger partial charge on any atom is -0.478 e. The van der Waals surface area contributed by atoms with E-state index in [9.17, 15) is 13.6 Å². The molecule has 0 aliphatic heterocycles. The van der Waals surface area contributed by atoms with Gasteiger partial charge in [0.15, 0.2) is 5.75 Å². The van der Waals surface area contributed by atoms with Gasteiger partial charge in [-0.05, 0) is 12.1 Å². The predicted molar refractivity (Wildman–Crippen MR) is 64.2 cm³/mol. The van der Waals surface area contributed by atoms with Crippen molar-refractivity contribution >= 4 is 11.7 Å². The molecular formula is C13H9F2NO3. The number of rotatable bonds is 3. The van der Waals surface area contributed by atoms with Gasteiger partial charge in [-0.3, -0.25) is 0 Å². The zero-order valence-corrected chi connectivity index (χ0v) is 9.56. The van der Waals surface area contributed by atoms with Crippen LogP contribution in [0, 0.1) is 11.6 Å². The summed E-state index contributed by atoms with van der Waals surface area (Å²) in [6.45, 7) is 0. The highest BCUT2D eigenvalue weighted by Crippen LogP contribution is 2.32. The molecule has 0 aliphatic carbocycles. The number of hydrogen-bond acceptors (Lipinski definition) is 3. The van der Waals surface area contributed by atoms with Crippen LogP contribution in [0.25, 0.3) is 0 Å². The summed E-state index contributed by atoms with van der Waals surface area (Å²) >= 11 is 0. The van der Waals surface area contributed by atoms with Gasteiger partial charge in [-0.15, -0.1) is 0 Å². The Labute approximate surface area is 107 Å². The Balaban J connectivity index is 2.45. The first-order valence-corrected chi connectivity index (χ1v) is 5.23. The molecule has 0 atom stereocenters. The highest BCUT2D eigenvalue weighted by atomic mass is 19.1. The number of hydrogen-bond donors (Lipinski definition) is 2. The number of aromatic carboxylic acids is 1. The van der Waals surface area contributed by atoms with Gasteiger partial charge in [0, 0.05) is 18.2 Å². The van der Waals surface area contributed by atoms with E-state index in [2.05, 4.69) is 0 Å². The monoisotopic (exact) mass is 265 g/mol. The summed E-state index contributed by atoms with van der Waals surface area (Å²) in [5.74, 6) is -3.24. The fraction of sp³-hybridized carbons (Fsp3) is 0. The number of carboxylic acids is 1. The number of nitrogens with two attached hydrogens (primary N) is 1. The summed E-state index contributed by atoms with van der Waals surface area (Å²) in [5.41, 5.74) is 5.48. The predicted octanol–water partition coefficient (Wildman–Crippen LogP) is 3.04. The largest absolute Gasteiger partial charge is 0.478 e. The maximum absolute atomic E-state index is 13.0. The van der Waals surface area contributed by atoms with Gasteiger partial charge in [-0.2, -0.15) is 0 Å². The molecule has 0 radical (unpaired) electrons. The van der Waals surface area contributed by atoms with Gasteiger partial charge in [-0.25, -0.2) is 13.6 Å². The Morgan fingerprint density at radius 3 is 2.37 bits per heavy atom. The second-order valence-electron chi connectivity index (χ2n) is 3.74. The highest BCUT2D eigenvalue weighted by Gasteiger charge is 2.15. The SMILES string of the molecule is Nc1cccc(C(=O)O)c1Oc1cc(F)cc(F)c1. The molecule has 0 saturated carbocycles. The number of halogens is 2. The van der Waals surface area contributed by atoms with E-state index in [4.69, 9.17) is 15.6 Å². The minimum atomic E-state index is -1.25. The number of anilines is 1. The Morgan fingerprint density at radius 1 is 1.16 bits per heavy atom. The van der Waals surface area contributed by atoms with Gasteiger partial charge in [0.1, 0.15) is 22.9 Å². The molecule has 2 aromatic rings. The number of carbonyl (C=O) groups is 1. The van der Waals surface area contributed by atoms with Gasteiger partial charge >= 0.3 is 5.97 Å². The van der Waals surface area contributed by atoms with Crippen LogP contribution in [-0.4, -0.2) is 11.1 Å². The first-order valence-electron chi connectivity index (χ1n) is 5.23. The summed E-state index contributed by atoms with van der Waals surface area (Å²) in [4.78, 5) is 11.0. The molecule has 4 nitrogen and oxygen atoms in total. The van der Waals surface area contributed by atoms with E-state index in [0.29, 0.717) is 6.07 Å². The topological polar surface area (TPSA) is 72.6 Å². The second-order valence-corrected chi connectivity index (χ2v) is 3.74. The van der Waals surface area contributed by atoms with Crippen molar-refractivity contribution in [1.82, 2.24) is 0 Å². The van der Waals surface area contributed by atoms with Gasteiger partial charge in [0.25, 0.3) is 0 Å². The van der Waals surface area contributed by atoms with E-state index in [1.807, 2.05) is 0 Å². The lowest BCUT2D eigenvalue weighted by atomic mass is 10.1. The molecule has 0 unspecified atom stereocenters. The van der Waals surface area contributed by atoms with Crippen molar-refractivity contribution in [2.24, 2.45) is 0 Å². The smallest absolute Gasteiger partial charge is 0.339 e. The van der Waals surface area contributed by atoms with Gasteiger partial charge < -0.3 is 15.6 Å². The van der Waals surface area contributed by atoms with Crippen LogP contribution in [0.1, 0.15) is 10.4 Å². The molecule has 3 N–H and O–H groups in total. The normalized spacial score (nSPS) is 10.2. The molecule has 6 heteroatoms. The van der Waals surface area contributed by atoms with Gasteiger partial charge in [0.2, 0.25) is 0 Å². The summed E-state index contributed by atoms with van der Waals surface area (Å²) in [5, 5.41) is 8.99. The lowest BCUT2D eigenvalue weighted by Crippen LogP contribution is -2.03. The summed E-state index contributed by atoms with van der Waals surface area (Å²) in [7, 11) is 0. The maximum Gasteiger partial charge on any atom is 0.339 e. The Kier molecular flexibility index (Phi) is 3.33. The van der Waals surface area contributed by atoms with Crippen molar-refractivity contribution in [1.29, 1.82) is 0 Å². The first-order chi connectivity index (χ1) is 8.97. The summed E-state index contributed by atoms with van der Waals surface area (Å²) < 4.78 is 31.2. The third-order valence-electron chi connectivity index (χ3n) is 2.33. The Morgan fingerprint density at radius 2 is 1.79 bits per heavy atom. The van der Waals surface area contributed by atoms with Crippen molar-refractivity contribution < 1.29 is 23.4 Å². The average Bonchev–Trinajstić information content (AvgIpc) is 2.30. The third-order valence-corrected chi connectivity index (χ3v) is 2.33. The maximum atomic E-state index is 13.0. The number of benzene rings is 2. The Bertz CT molecular complexity index is 624. The molecule has 0 aromatic heterocycles. The van der Waals surface area contributed by atoms with E-state index in [1.54, 1.807) is 0 Å². The van der Waals surface area contributed by atoms with E-state index < -0.39 is 17.6 Å². The van der Waals surface area contributed by atoms with Crippen LogP contribution in [0.5, 0.6) is 11.5 Å². The molecule has 0 fully saturated rings. The summed E-state index contributed by atoms with van der Waals surface area (Å²) in [6.07, 6.45) is 0. The third kappa shape index (κ3) is 2.79. The van der Waals surface area contributed by atoms with E-state index >= 15 is 0 Å². The lowest BCUT2D eigenvalue weighted by molar-refractivity contribution is 0.0694. The summed E-state index contributed by atoms with van der Waals surface area (Å²) in [6, 6.07) is 6.69. The van der Waals surface area contributed by atoms with E-state index in [0.717, 1.165) is 12.1 Å². The lowest BCUT2D eigenvalue weighted by Gasteiger charge is -2.11. The minimum absolute atomic E-state index is 0.0598. The number of carboxylic acid groups (broad SMARTS) is 1. The van der Waals surface area contributed by atoms with Crippen LogP contribution >= 0.6 is 0 Å². The molecule has 0 bridgehead atoms.